The molecule has 1 aliphatic rings. The fourth-order valence-electron chi connectivity index (χ4n) is 4.59. The molecule has 4 rings (SSSR count). The largest absolute Gasteiger partial charge is 0.392 e. The minimum atomic E-state index is -0.164. The van der Waals surface area contributed by atoms with Crippen LogP contribution >= 0.6 is 0 Å². The summed E-state index contributed by atoms with van der Waals surface area (Å²) in [6, 6.07) is 23.8. The number of aliphatic hydroxyl groups excluding tert-OH is 1. The smallest absolute Gasteiger partial charge is 0.0688 e. The predicted molar refractivity (Wildman–Crippen MR) is 122 cm³/mol. The van der Waals surface area contributed by atoms with Gasteiger partial charge in [-0.1, -0.05) is 67.6 Å². The van der Waals surface area contributed by atoms with Crippen LogP contribution in [-0.4, -0.2) is 5.11 Å². The molecule has 0 aliphatic carbocycles. The number of benzene rings is 3. The summed E-state index contributed by atoms with van der Waals surface area (Å²) < 4.78 is 0. The van der Waals surface area contributed by atoms with Crippen LogP contribution in [0.3, 0.4) is 0 Å². The van der Waals surface area contributed by atoms with Gasteiger partial charge in [0.15, 0.2) is 0 Å². The third-order valence-corrected chi connectivity index (χ3v) is 6.27. The van der Waals surface area contributed by atoms with Crippen molar-refractivity contribution in [2.45, 2.75) is 58.1 Å². The molecule has 150 valence electrons. The minimum Gasteiger partial charge on any atom is -0.392 e. The second-order valence-corrected chi connectivity index (χ2v) is 8.83. The Bertz CT molecular complexity index is 991. The number of hydrogen-bond acceptors (Lipinski definition) is 2. The third-order valence-electron chi connectivity index (χ3n) is 6.27. The highest BCUT2D eigenvalue weighted by molar-refractivity contribution is 5.87. The van der Waals surface area contributed by atoms with Gasteiger partial charge >= 0.3 is 0 Å². The van der Waals surface area contributed by atoms with Gasteiger partial charge in [0.25, 0.3) is 0 Å². The van der Waals surface area contributed by atoms with E-state index in [4.69, 9.17) is 0 Å². The van der Waals surface area contributed by atoms with Crippen LogP contribution in [-0.2, 0) is 18.6 Å². The average molecular weight is 386 g/mol. The third kappa shape index (κ3) is 3.95. The van der Waals surface area contributed by atoms with E-state index < -0.39 is 0 Å². The number of rotatable bonds is 6. The standard InChI is InChI=1S/C27H31NO/c1-19(9-7-12-20-10-5-4-6-11-20)21-15-16-23-25(17-21)28-27(2,3)24-14-8-13-22(18-29)26(23)24/h4-6,8,10-11,13-17,19,28-29H,7,9,12,18H2,1-3H3. The van der Waals surface area contributed by atoms with E-state index in [1.807, 2.05) is 12.1 Å². The lowest BCUT2D eigenvalue weighted by Gasteiger charge is -2.37. The Morgan fingerprint density at radius 3 is 2.52 bits per heavy atom. The molecule has 0 radical (unpaired) electrons. The number of nitrogens with one attached hydrogen (secondary N) is 1. The van der Waals surface area contributed by atoms with Crippen molar-refractivity contribution in [1.82, 2.24) is 0 Å². The van der Waals surface area contributed by atoms with Gasteiger partial charge in [0.1, 0.15) is 0 Å². The number of aliphatic hydroxyl groups is 1. The van der Waals surface area contributed by atoms with Crippen molar-refractivity contribution in [3.8, 4) is 11.1 Å². The highest BCUT2D eigenvalue weighted by Crippen LogP contribution is 2.45. The van der Waals surface area contributed by atoms with Crippen LogP contribution in [0.4, 0.5) is 5.69 Å². The highest BCUT2D eigenvalue weighted by Gasteiger charge is 2.31. The molecular weight excluding hydrogens is 354 g/mol. The van der Waals surface area contributed by atoms with E-state index in [9.17, 15) is 5.11 Å². The monoisotopic (exact) mass is 385 g/mol. The van der Waals surface area contributed by atoms with E-state index in [0.717, 1.165) is 12.0 Å². The minimum absolute atomic E-state index is 0.0658. The number of hydrogen-bond donors (Lipinski definition) is 2. The van der Waals surface area contributed by atoms with Gasteiger partial charge in [-0.3, -0.25) is 0 Å². The molecule has 0 spiro atoms. The van der Waals surface area contributed by atoms with Gasteiger partial charge in [0.2, 0.25) is 0 Å². The molecule has 3 aromatic carbocycles. The van der Waals surface area contributed by atoms with Gasteiger partial charge in [-0.25, -0.2) is 0 Å². The summed E-state index contributed by atoms with van der Waals surface area (Å²) in [7, 11) is 0. The Balaban J connectivity index is 1.57. The van der Waals surface area contributed by atoms with E-state index in [1.165, 1.54) is 46.3 Å². The zero-order valence-electron chi connectivity index (χ0n) is 17.7. The fourth-order valence-corrected chi connectivity index (χ4v) is 4.59. The zero-order chi connectivity index (χ0) is 20.4. The molecule has 1 atom stereocenters. The lowest BCUT2D eigenvalue weighted by molar-refractivity contribution is 0.282. The maximum atomic E-state index is 9.90. The molecule has 0 amide bonds. The number of fused-ring (bicyclic) bond motifs is 3. The van der Waals surface area contributed by atoms with Crippen molar-refractivity contribution in [2.24, 2.45) is 0 Å². The second-order valence-electron chi connectivity index (χ2n) is 8.83. The van der Waals surface area contributed by atoms with Gasteiger partial charge < -0.3 is 10.4 Å². The van der Waals surface area contributed by atoms with E-state index >= 15 is 0 Å². The Hall–Kier alpha value is -2.58. The molecule has 0 saturated heterocycles. The molecule has 2 nitrogen and oxygen atoms in total. The van der Waals surface area contributed by atoms with Gasteiger partial charge in [-0.15, -0.1) is 0 Å². The first kappa shape index (κ1) is 19.7. The summed E-state index contributed by atoms with van der Waals surface area (Å²) in [5.41, 5.74) is 8.45. The lowest BCUT2D eigenvalue weighted by Crippen LogP contribution is -2.32. The molecule has 1 unspecified atom stereocenters. The SMILES string of the molecule is CC(CCCc1ccccc1)c1ccc2c(c1)NC(C)(C)c1cccc(CO)c1-2. The molecular formula is C27H31NO. The first-order valence-electron chi connectivity index (χ1n) is 10.7. The van der Waals surface area contributed by atoms with E-state index in [0.29, 0.717) is 5.92 Å². The topological polar surface area (TPSA) is 32.3 Å². The number of aryl methyl sites for hydroxylation is 1. The van der Waals surface area contributed by atoms with Crippen molar-refractivity contribution in [1.29, 1.82) is 0 Å². The molecule has 0 fully saturated rings. The van der Waals surface area contributed by atoms with E-state index in [2.05, 4.69) is 80.7 Å². The molecule has 1 heterocycles. The Kier molecular flexibility index (Phi) is 5.47. The van der Waals surface area contributed by atoms with Gasteiger partial charge in [0, 0.05) is 11.3 Å². The summed E-state index contributed by atoms with van der Waals surface area (Å²) in [6.07, 6.45) is 3.50. The molecule has 0 saturated carbocycles. The molecule has 2 N–H and O–H groups in total. The van der Waals surface area contributed by atoms with E-state index in [1.54, 1.807) is 0 Å². The highest BCUT2D eigenvalue weighted by atomic mass is 16.3. The molecule has 0 aromatic heterocycles. The van der Waals surface area contributed by atoms with Crippen molar-refractivity contribution < 1.29 is 5.11 Å². The number of anilines is 1. The first-order valence-corrected chi connectivity index (χ1v) is 10.7. The van der Waals surface area contributed by atoms with Gasteiger partial charge in [-0.05, 0) is 72.9 Å². The van der Waals surface area contributed by atoms with Gasteiger partial charge in [0.05, 0.1) is 12.1 Å². The lowest BCUT2D eigenvalue weighted by atomic mass is 9.79. The van der Waals surface area contributed by atoms with Crippen molar-refractivity contribution in [3.63, 3.8) is 0 Å². The summed E-state index contributed by atoms with van der Waals surface area (Å²) in [4.78, 5) is 0. The maximum absolute atomic E-state index is 9.90. The van der Waals surface area contributed by atoms with Crippen LogP contribution in [0.25, 0.3) is 11.1 Å². The average Bonchev–Trinajstić information content (AvgIpc) is 2.73. The van der Waals surface area contributed by atoms with Crippen LogP contribution < -0.4 is 5.32 Å². The Morgan fingerprint density at radius 1 is 0.966 bits per heavy atom. The van der Waals surface area contributed by atoms with Crippen molar-refractivity contribution in [2.75, 3.05) is 5.32 Å². The molecule has 0 bridgehead atoms. The summed E-state index contributed by atoms with van der Waals surface area (Å²) >= 11 is 0. The van der Waals surface area contributed by atoms with Crippen LogP contribution in [0.5, 0.6) is 0 Å². The van der Waals surface area contributed by atoms with E-state index in [-0.39, 0.29) is 12.1 Å². The van der Waals surface area contributed by atoms with Crippen LogP contribution in [0.15, 0.2) is 66.7 Å². The van der Waals surface area contributed by atoms with Crippen LogP contribution in [0.1, 0.15) is 61.8 Å². The normalized spacial score (nSPS) is 15.2. The molecule has 29 heavy (non-hydrogen) atoms. The second kappa shape index (κ2) is 8.04. The fraction of sp³-hybridized carbons (Fsp3) is 0.333. The maximum Gasteiger partial charge on any atom is 0.0688 e. The predicted octanol–water partition coefficient (Wildman–Crippen LogP) is 6.63. The van der Waals surface area contributed by atoms with Crippen LogP contribution in [0.2, 0.25) is 0 Å². The van der Waals surface area contributed by atoms with Crippen molar-refractivity contribution >= 4 is 5.69 Å². The quantitative estimate of drug-likeness (QED) is 0.499. The summed E-state index contributed by atoms with van der Waals surface area (Å²) in [5.74, 6) is 0.517. The summed E-state index contributed by atoms with van der Waals surface area (Å²) in [5, 5.41) is 13.6. The molecule has 1 aliphatic heterocycles. The van der Waals surface area contributed by atoms with Crippen LogP contribution in [0, 0.1) is 0 Å². The Morgan fingerprint density at radius 2 is 1.76 bits per heavy atom. The summed E-state index contributed by atoms with van der Waals surface area (Å²) in [6.45, 7) is 6.82. The van der Waals surface area contributed by atoms with Crippen molar-refractivity contribution in [3.05, 3.63) is 89.0 Å². The Labute approximate surface area is 174 Å². The molecule has 2 heteroatoms. The molecule has 3 aromatic rings. The first-order chi connectivity index (χ1) is 14.0. The zero-order valence-corrected chi connectivity index (χ0v) is 17.7. The van der Waals surface area contributed by atoms with Gasteiger partial charge in [-0.2, -0.15) is 0 Å².